The van der Waals surface area contributed by atoms with E-state index in [9.17, 15) is 4.79 Å². The van der Waals surface area contributed by atoms with Gasteiger partial charge in [0.1, 0.15) is 13.2 Å². The standard InChI is InChI=1S/C17H24N2O3.ClH/c1-17(2,11-19-16(20)12-5-6-18-10-12)13-3-4-14-15(9-13)22-8-7-21-14;/h3-4,9,12,18H,5-8,10-11H2,1-2H3,(H,19,20);1H. The van der Waals surface area contributed by atoms with Gasteiger partial charge < -0.3 is 20.1 Å². The fourth-order valence-corrected chi connectivity index (χ4v) is 2.90. The lowest BCUT2D eigenvalue weighted by molar-refractivity contribution is -0.124. The molecule has 1 aromatic carbocycles. The molecule has 0 aliphatic carbocycles. The predicted octanol–water partition coefficient (Wildman–Crippen LogP) is 1.88. The van der Waals surface area contributed by atoms with Crippen LogP contribution in [0.3, 0.4) is 0 Å². The fraction of sp³-hybridized carbons (Fsp3) is 0.588. The van der Waals surface area contributed by atoms with Crippen LogP contribution in [0, 0.1) is 5.92 Å². The molecule has 0 saturated carbocycles. The molecule has 3 rings (SSSR count). The SMILES string of the molecule is CC(C)(CNC(=O)C1CCNC1)c1ccc2c(c1)OCCO2.Cl. The van der Waals surface area contributed by atoms with E-state index < -0.39 is 0 Å². The Morgan fingerprint density at radius 3 is 2.74 bits per heavy atom. The molecule has 2 aliphatic rings. The van der Waals surface area contributed by atoms with Crippen molar-refractivity contribution in [3.63, 3.8) is 0 Å². The summed E-state index contributed by atoms with van der Waals surface area (Å²) in [6, 6.07) is 6.03. The molecule has 0 aromatic heterocycles. The van der Waals surface area contributed by atoms with Gasteiger partial charge in [0.05, 0.1) is 5.92 Å². The van der Waals surface area contributed by atoms with Crippen LogP contribution in [0.2, 0.25) is 0 Å². The van der Waals surface area contributed by atoms with E-state index in [-0.39, 0.29) is 29.6 Å². The van der Waals surface area contributed by atoms with Crippen LogP contribution in [0.4, 0.5) is 0 Å². The average Bonchev–Trinajstić information content (AvgIpc) is 3.07. The van der Waals surface area contributed by atoms with Gasteiger partial charge in [-0.05, 0) is 30.7 Å². The van der Waals surface area contributed by atoms with Crippen molar-refractivity contribution in [2.75, 3.05) is 32.8 Å². The van der Waals surface area contributed by atoms with E-state index in [1.807, 2.05) is 12.1 Å². The average molecular weight is 341 g/mol. The van der Waals surface area contributed by atoms with Gasteiger partial charge in [-0.2, -0.15) is 0 Å². The molecule has 1 unspecified atom stereocenters. The molecule has 0 spiro atoms. The normalized spacial score (nSPS) is 19.8. The number of carbonyl (C=O) groups is 1. The summed E-state index contributed by atoms with van der Waals surface area (Å²) in [6.45, 7) is 7.78. The van der Waals surface area contributed by atoms with Crippen LogP contribution in [0.25, 0.3) is 0 Å². The van der Waals surface area contributed by atoms with Crippen molar-refractivity contribution in [1.29, 1.82) is 0 Å². The molecule has 2 aliphatic heterocycles. The number of rotatable bonds is 4. The molecule has 2 heterocycles. The molecule has 128 valence electrons. The fourth-order valence-electron chi connectivity index (χ4n) is 2.90. The van der Waals surface area contributed by atoms with Gasteiger partial charge in [0.25, 0.3) is 0 Å². The number of carbonyl (C=O) groups excluding carboxylic acids is 1. The third-order valence-corrected chi connectivity index (χ3v) is 4.46. The van der Waals surface area contributed by atoms with E-state index in [2.05, 4.69) is 30.5 Å². The zero-order chi connectivity index (χ0) is 15.6. The second-order valence-corrected chi connectivity index (χ2v) is 6.65. The van der Waals surface area contributed by atoms with Gasteiger partial charge in [-0.1, -0.05) is 19.9 Å². The van der Waals surface area contributed by atoms with Crippen LogP contribution < -0.4 is 20.1 Å². The number of hydrogen-bond donors (Lipinski definition) is 2. The highest BCUT2D eigenvalue weighted by Gasteiger charge is 2.27. The van der Waals surface area contributed by atoms with E-state index in [4.69, 9.17) is 9.47 Å². The molecule has 1 atom stereocenters. The number of benzene rings is 1. The van der Waals surface area contributed by atoms with Gasteiger partial charge in [0.2, 0.25) is 5.91 Å². The molecule has 1 aromatic rings. The number of amides is 1. The minimum absolute atomic E-state index is 0. The van der Waals surface area contributed by atoms with Crippen LogP contribution in [0.15, 0.2) is 18.2 Å². The zero-order valence-electron chi connectivity index (χ0n) is 13.7. The highest BCUT2D eigenvalue weighted by atomic mass is 35.5. The number of hydrogen-bond acceptors (Lipinski definition) is 4. The van der Waals surface area contributed by atoms with Gasteiger partial charge in [-0.3, -0.25) is 4.79 Å². The summed E-state index contributed by atoms with van der Waals surface area (Å²) in [5, 5.41) is 6.32. The number of fused-ring (bicyclic) bond motifs is 1. The lowest BCUT2D eigenvalue weighted by atomic mass is 9.84. The minimum Gasteiger partial charge on any atom is -0.486 e. The Morgan fingerprint density at radius 2 is 2.04 bits per heavy atom. The van der Waals surface area contributed by atoms with Crippen LogP contribution in [-0.4, -0.2) is 38.8 Å². The Kier molecular flexibility index (Phi) is 5.76. The Hall–Kier alpha value is -1.46. The maximum atomic E-state index is 12.2. The summed E-state index contributed by atoms with van der Waals surface area (Å²) in [6.07, 6.45) is 0.927. The summed E-state index contributed by atoms with van der Waals surface area (Å²) >= 11 is 0. The van der Waals surface area contributed by atoms with E-state index in [1.54, 1.807) is 0 Å². The summed E-state index contributed by atoms with van der Waals surface area (Å²) in [7, 11) is 0. The first kappa shape index (κ1) is 17.9. The monoisotopic (exact) mass is 340 g/mol. The largest absolute Gasteiger partial charge is 0.486 e. The first-order chi connectivity index (χ1) is 10.6. The van der Waals surface area contributed by atoms with Crippen LogP contribution in [0.5, 0.6) is 11.5 Å². The molecular formula is C17H25ClN2O3. The second kappa shape index (κ2) is 7.41. The topological polar surface area (TPSA) is 59.6 Å². The molecule has 2 N–H and O–H groups in total. The summed E-state index contributed by atoms with van der Waals surface area (Å²) in [4.78, 5) is 12.2. The van der Waals surface area contributed by atoms with Crippen LogP contribution in [0.1, 0.15) is 25.8 Å². The van der Waals surface area contributed by atoms with Gasteiger partial charge >= 0.3 is 0 Å². The van der Waals surface area contributed by atoms with E-state index in [0.29, 0.717) is 19.8 Å². The molecule has 0 bridgehead atoms. The van der Waals surface area contributed by atoms with Gasteiger partial charge in [-0.15, -0.1) is 12.4 Å². The van der Waals surface area contributed by atoms with E-state index in [0.717, 1.165) is 36.6 Å². The van der Waals surface area contributed by atoms with Crippen molar-refractivity contribution in [3.05, 3.63) is 23.8 Å². The smallest absolute Gasteiger partial charge is 0.224 e. The highest BCUT2D eigenvalue weighted by molar-refractivity contribution is 5.85. The van der Waals surface area contributed by atoms with Gasteiger partial charge in [-0.25, -0.2) is 0 Å². The lowest BCUT2D eigenvalue weighted by Crippen LogP contribution is -2.40. The summed E-state index contributed by atoms with van der Waals surface area (Å²) in [5.41, 5.74) is 0.985. The molecule has 5 nitrogen and oxygen atoms in total. The molecule has 23 heavy (non-hydrogen) atoms. The maximum absolute atomic E-state index is 12.2. The first-order valence-corrected chi connectivity index (χ1v) is 7.95. The van der Waals surface area contributed by atoms with Crippen molar-refractivity contribution in [1.82, 2.24) is 10.6 Å². The van der Waals surface area contributed by atoms with Crippen molar-refractivity contribution < 1.29 is 14.3 Å². The van der Waals surface area contributed by atoms with Crippen molar-refractivity contribution in [2.45, 2.75) is 25.7 Å². The van der Waals surface area contributed by atoms with E-state index in [1.165, 1.54) is 0 Å². The lowest BCUT2D eigenvalue weighted by Gasteiger charge is -2.28. The third kappa shape index (κ3) is 4.09. The van der Waals surface area contributed by atoms with Crippen molar-refractivity contribution in [3.8, 4) is 11.5 Å². The molecule has 1 fully saturated rings. The molecular weight excluding hydrogens is 316 g/mol. The Morgan fingerprint density at radius 1 is 1.30 bits per heavy atom. The number of ether oxygens (including phenoxy) is 2. The van der Waals surface area contributed by atoms with E-state index >= 15 is 0 Å². The van der Waals surface area contributed by atoms with Crippen molar-refractivity contribution in [2.24, 2.45) is 5.92 Å². The molecule has 0 radical (unpaired) electrons. The minimum atomic E-state index is -0.155. The molecule has 1 amide bonds. The van der Waals surface area contributed by atoms with Gasteiger partial charge in [0.15, 0.2) is 11.5 Å². The van der Waals surface area contributed by atoms with Crippen LogP contribution in [-0.2, 0) is 10.2 Å². The Labute approximate surface area is 143 Å². The van der Waals surface area contributed by atoms with Gasteiger partial charge in [0, 0.05) is 18.5 Å². The maximum Gasteiger partial charge on any atom is 0.224 e. The predicted molar refractivity (Wildman–Crippen MR) is 91.7 cm³/mol. The quantitative estimate of drug-likeness (QED) is 0.878. The van der Waals surface area contributed by atoms with Crippen molar-refractivity contribution >= 4 is 18.3 Å². The Balaban J connectivity index is 0.00000192. The number of nitrogens with one attached hydrogen (secondary N) is 2. The summed E-state index contributed by atoms with van der Waals surface area (Å²) < 4.78 is 11.2. The first-order valence-electron chi connectivity index (χ1n) is 7.95. The summed E-state index contributed by atoms with van der Waals surface area (Å²) in [5.74, 6) is 1.85. The third-order valence-electron chi connectivity index (χ3n) is 4.46. The Bertz CT molecular complexity index is 557. The van der Waals surface area contributed by atoms with Crippen LogP contribution >= 0.6 is 12.4 Å². The highest BCUT2D eigenvalue weighted by Crippen LogP contribution is 2.34. The second-order valence-electron chi connectivity index (χ2n) is 6.65. The molecule has 1 saturated heterocycles. The number of halogens is 1. The molecule has 6 heteroatoms. The zero-order valence-corrected chi connectivity index (χ0v) is 14.5.